The van der Waals surface area contributed by atoms with Crippen molar-refractivity contribution < 1.29 is 0 Å². The summed E-state index contributed by atoms with van der Waals surface area (Å²) in [5.74, 6) is 5.18. The summed E-state index contributed by atoms with van der Waals surface area (Å²) < 4.78 is 2.21. The summed E-state index contributed by atoms with van der Waals surface area (Å²) in [6.45, 7) is 2.01. The van der Waals surface area contributed by atoms with Crippen LogP contribution < -0.4 is 0 Å². The van der Waals surface area contributed by atoms with E-state index in [0.29, 0.717) is 23.3 Å². The van der Waals surface area contributed by atoms with Crippen LogP contribution >= 0.6 is 11.3 Å². The zero-order chi connectivity index (χ0) is 37.8. The van der Waals surface area contributed by atoms with Crippen LogP contribution in [0.4, 0.5) is 0 Å². The predicted octanol–water partition coefficient (Wildman–Crippen LogP) is 12.6. The normalized spacial score (nSPS) is 11.7. The first-order valence-electron chi connectivity index (χ1n) is 18.3. The highest BCUT2D eigenvalue weighted by molar-refractivity contribution is 7.26. The van der Waals surface area contributed by atoms with Crippen molar-refractivity contribution in [1.82, 2.24) is 24.9 Å². The van der Waals surface area contributed by atoms with Crippen LogP contribution in [0, 0.1) is 12.3 Å². The number of thiophene rings is 1. The Hall–Kier alpha value is -7.33. The fourth-order valence-electron chi connectivity index (χ4n) is 6.86. The molecule has 0 fully saturated rings. The first-order chi connectivity index (χ1) is 27.6. The Morgan fingerprint density at radius 3 is 1.48 bits per heavy atom. The number of hydrogen-bond acceptors (Lipinski definition) is 6. The number of hydrogen-bond donors (Lipinski definition) is 0. The highest BCUT2D eigenvalue weighted by Crippen LogP contribution is 2.39. The van der Waals surface area contributed by atoms with Gasteiger partial charge in [-0.15, -0.1) is 17.8 Å². The van der Waals surface area contributed by atoms with Gasteiger partial charge in [0.05, 0.1) is 15.9 Å². The molecule has 0 aliphatic rings. The summed E-state index contributed by atoms with van der Waals surface area (Å²) in [5.41, 5.74) is 10.8. The number of fused-ring (bicyclic) bond motifs is 3. The molecule has 0 aliphatic heterocycles. The fraction of sp³-hybridized carbons (Fsp3) is 0.0200. The lowest BCUT2D eigenvalue weighted by Crippen LogP contribution is -2.00. The summed E-state index contributed by atoms with van der Waals surface area (Å²) in [7, 11) is 0. The predicted molar refractivity (Wildman–Crippen MR) is 233 cm³/mol. The van der Waals surface area contributed by atoms with E-state index in [0.717, 1.165) is 71.4 Å². The molecule has 9 rings (SSSR count). The van der Waals surface area contributed by atoms with E-state index in [-0.39, 0.29) is 0 Å². The first kappa shape index (κ1) is 34.4. The van der Waals surface area contributed by atoms with Crippen molar-refractivity contribution in [3.63, 3.8) is 0 Å². The molecule has 0 saturated heterocycles. The van der Waals surface area contributed by atoms with E-state index in [1.165, 1.54) is 4.70 Å². The van der Waals surface area contributed by atoms with E-state index in [4.69, 9.17) is 31.3 Å². The van der Waals surface area contributed by atoms with Gasteiger partial charge in [-0.2, -0.15) is 0 Å². The van der Waals surface area contributed by atoms with Gasteiger partial charge in [0, 0.05) is 32.3 Å². The number of allylic oxidation sites excluding steroid dienone is 4. The Kier molecular flexibility index (Phi) is 9.34. The zero-order valence-corrected chi connectivity index (χ0v) is 31.3. The second-order valence-electron chi connectivity index (χ2n) is 13.2. The van der Waals surface area contributed by atoms with Gasteiger partial charge in [0.15, 0.2) is 23.3 Å². The molecule has 5 nitrogen and oxygen atoms in total. The van der Waals surface area contributed by atoms with E-state index >= 15 is 0 Å². The third kappa shape index (κ3) is 6.80. The van der Waals surface area contributed by atoms with Gasteiger partial charge in [0.25, 0.3) is 0 Å². The van der Waals surface area contributed by atoms with Gasteiger partial charge in [-0.05, 0) is 71.2 Å². The van der Waals surface area contributed by atoms with Gasteiger partial charge < -0.3 is 0 Å². The van der Waals surface area contributed by atoms with Crippen molar-refractivity contribution in [2.75, 3.05) is 0 Å². The summed E-state index contributed by atoms with van der Waals surface area (Å²) in [6.07, 6.45) is 11.3. The van der Waals surface area contributed by atoms with Gasteiger partial charge in [0.2, 0.25) is 0 Å². The summed E-state index contributed by atoms with van der Waals surface area (Å²) in [4.78, 5) is 25.1. The smallest absolute Gasteiger partial charge is 0.164 e. The molecule has 264 valence electrons. The molecule has 0 aliphatic carbocycles. The van der Waals surface area contributed by atoms with Crippen LogP contribution in [-0.4, -0.2) is 24.9 Å². The average molecular weight is 736 g/mol. The largest absolute Gasteiger partial charge is 0.226 e. The van der Waals surface area contributed by atoms with E-state index in [1.807, 2.05) is 79.7 Å². The number of nitrogens with zero attached hydrogens (tertiary/aromatic N) is 5. The van der Waals surface area contributed by atoms with Crippen molar-refractivity contribution in [2.24, 2.45) is 0 Å². The highest BCUT2D eigenvalue weighted by atomic mass is 32.1. The van der Waals surface area contributed by atoms with Crippen LogP contribution in [0.1, 0.15) is 12.6 Å². The zero-order valence-electron chi connectivity index (χ0n) is 30.5. The highest BCUT2D eigenvalue weighted by Gasteiger charge is 2.18. The van der Waals surface area contributed by atoms with Crippen LogP contribution in [0.5, 0.6) is 0 Å². The Labute approximate surface area is 329 Å². The maximum atomic E-state index is 5.61. The molecular weight excluding hydrogens is 703 g/mol. The number of terminal acetylenes is 1. The third-order valence-corrected chi connectivity index (χ3v) is 10.8. The third-order valence-electron chi connectivity index (χ3n) is 9.63. The van der Waals surface area contributed by atoms with Gasteiger partial charge >= 0.3 is 0 Å². The molecule has 0 N–H and O–H groups in total. The van der Waals surface area contributed by atoms with Gasteiger partial charge in [-0.1, -0.05) is 145 Å². The van der Waals surface area contributed by atoms with Crippen molar-refractivity contribution in [3.05, 3.63) is 182 Å². The summed E-state index contributed by atoms with van der Waals surface area (Å²) in [5, 5.41) is 1.12. The minimum absolute atomic E-state index is 0.619. The van der Waals surface area contributed by atoms with Crippen LogP contribution in [-0.2, 0) is 0 Å². The quantitative estimate of drug-likeness (QED) is 0.115. The number of benzene rings is 6. The molecule has 6 aromatic carbocycles. The lowest BCUT2D eigenvalue weighted by Gasteiger charge is -2.11. The topological polar surface area (TPSA) is 64.5 Å². The van der Waals surface area contributed by atoms with E-state index in [9.17, 15) is 0 Å². The Morgan fingerprint density at radius 2 is 0.946 bits per heavy atom. The molecule has 0 unspecified atom stereocenters. The average Bonchev–Trinajstić information content (AvgIpc) is 3.66. The molecule has 0 saturated carbocycles. The Morgan fingerprint density at radius 1 is 0.500 bits per heavy atom. The molecule has 0 atom stereocenters. The molecule has 0 amide bonds. The second-order valence-corrected chi connectivity index (χ2v) is 14.2. The lowest BCUT2D eigenvalue weighted by atomic mass is 9.97. The first-order valence-corrected chi connectivity index (χ1v) is 19.1. The maximum Gasteiger partial charge on any atom is 0.164 e. The van der Waals surface area contributed by atoms with Gasteiger partial charge in [0.1, 0.15) is 0 Å². The molecule has 0 radical (unpaired) electrons. The van der Waals surface area contributed by atoms with Crippen LogP contribution in [0.3, 0.4) is 0 Å². The SMILES string of the molecule is C#CC=CC(=CC)c1nc(-c2cccc(-c3cccc(-c4cccc(-c5nc(-c6ccccc6)nc(-c6ccccc6)n5)c4)c3)c2)nc2c1sc1ccccc12. The van der Waals surface area contributed by atoms with Gasteiger partial charge in [-0.25, -0.2) is 24.9 Å². The van der Waals surface area contributed by atoms with Crippen molar-refractivity contribution in [2.45, 2.75) is 6.92 Å². The molecule has 0 bridgehead atoms. The van der Waals surface area contributed by atoms with Crippen molar-refractivity contribution in [1.29, 1.82) is 0 Å². The lowest BCUT2D eigenvalue weighted by molar-refractivity contribution is 1.07. The van der Waals surface area contributed by atoms with E-state index in [1.54, 1.807) is 17.4 Å². The van der Waals surface area contributed by atoms with Crippen LogP contribution in [0.15, 0.2) is 176 Å². The van der Waals surface area contributed by atoms with Crippen LogP contribution in [0.25, 0.3) is 93.7 Å². The van der Waals surface area contributed by atoms with Crippen molar-refractivity contribution in [3.8, 4) is 80.1 Å². The monoisotopic (exact) mass is 735 g/mol. The molecule has 3 aromatic heterocycles. The van der Waals surface area contributed by atoms with E-state index < -0.39 is 0 Å². The van der Waals surface area contributed by atoms with Crippen LogP contribution in [0.2, 0.25) is 0 Å². The number of aromatic nitrogens is 5. The van der Waals surface area contributed by atoms with Crippen molar-refractivity contribution >= 4 is 37.2 Å². The Balaban J connectivity index is 1.10. The molecule has 56 heavy (non-hydrogen) atoms. The number of rotatable bonds is 8. The Bertz CT molecular complexity index is 2940. The summed E-state index contributed by atoms with van der Waals surface area (Å²) in [6, 6.07) is 53.9. The molecule has 3 heterocycles. The fourth-order valence-corrected chi connectivity index (χ4v) is 8.01. The molecule has 0 spiro atoms. The van der Waals surface area contributed by atoms with E-state index in [2.05, 4.69) is 103 Å². The molecule has 6 heteroatoms. The maximum absolute atomic E-state index is 5.61. The second kappa shape index (κ2) is 15.2. The minimum atomic E-state index is 0.619. The summed E-state index contributed by atoms with van der Waals surface area (Å²) >= 11 is 1.71. The standard InChI is InChI=1S/C50H33N5S/c1-3-5-17-33(4-2)44-46-45(42-28-12-13-29-43(42)56-46)52-49(51-44)40-26-15-24-38(31-40)36-22-14-23-37(30-36)39-25-16-27-41(32-39)50-54-47(34-18-8-6-9-19-34)53-48(55-50)35-20-10-7-11-21-35/h1,4-32H,2H3. The molecular formula is C50H33N5S. The van der Waals surface area contributed by atoms with Gasteiger partial charge in [-0.3, -0.25) is 0 Å². The molecule has 9 aromatic rings. The minimum Gasteiger partial charge on any atom is -0.226 e.